The van der Waals surface area contributed by atoms with Crippen molar-refractivity contribution in [2.75, 3.05) is 0 Å². The molecule has 0 amide bonds. The lowest BCUT2D eigenvalue weighted by Gasteiger charge is -1.71. The van der Waals surface area contributed by atoms with Crippen molar-refractivity contribution >= 4 is 18.4 Å². The van der Waals surface area contributed by atoms with Gasteiger partial charge >= 0.3 is 5.97 Å². The van der Waals surface area contributed by atoms with Crippen molar-refractivity contribution in [2.24, 2.45) is 5.90 Å². The first-order chi connectivity index (χ1) is 3.27. The number of carbonyl (C=O) groups is 1. The Morgan fingerprint density at radius 3 is 1.75 bits per heavy atom. The molecule has 5 heteroatoms. The van der Waals surface area contributed by atoms with Gasteiger partial charge in [0.15, 0.2) is 0 Å². The van der Waals surface area contributed by atoms with E-state index in [1.165, 1.54) is 0 Å². The predicted molar refractivity (Wildman–Crippen MR) is 31.1 cm³/mol. The Bertz CT molecular complexity index is 49.8. The van der Waals surface area contributed by atoms with E-state index in [-0.39, 0.29) is 18.8 Å². The molecule has 0 aliphatic rings. The van der Waals surface area contributed by atoms with Gasteiger partial charge in [-0.15, -0.1) is 12.4 Å². The lowest BCUT2D eigenvalue weighted by atomic mass is 10.5. The molecule has 0 saturated heterocycles. The Labute approximate surface area is 53.7 Å². The molecule has 0 saturated carbocycles. The number of aliphatic carboxylic acids is 1. The summed E-state index contributed by atoms with van der Waals surface area (Å²) in [4.78, 5) is 9.37. The quantitative estimate of drug-likeness (QED) is 0.459. The van der Waals surface area contributed by atoms with Gasteiger partial charge in [0.25, 0.3) is 0 Å². The monoisotopic (exact) mass is 143 g/mol. The number of hydrogen-bond acceptors (Lipinski definition) is 3. The van der Waals surface area contributed by atoms with Crippen LogP contribution in [-0.4, -0.2) is 16.3 Å². The summed E-state index contributed by atoms with van der Waals surface area (Å²) in [6, 6.07) is 0. The second-order valence-corrected chi connectivity index (χ2v) is 0.747. The molecular formula is C3H10ClNO3. The molecule has 4 N–H and O–H groups in total. The highest BCUT2D eigenvalue weighted by atomic mass is 35.5. The van der Waals surface area contributed by atoms with Crippen LogP contribution in [0, 0.1) is 0 Å². The van der Waals surface area contributed by atoms with Gasteiger partial charge in [-0.3, -0.25) is 4.79 Å². The standard InChI is InChI=1S/C3H6O2.ClH.H3NO/c1-2-3(4)5;;1-2/h2H2,1H3,(H,4,5);1H;2H,1H2. The highest BCUT2D eigenvalue weighted by Gasteiger charge is 1.80. The molecule has 0 atom stereocenters. The van der Waals surface area contributed by atoms with Gasteiger partial charge in [-0.2, -0.15) is 0 Å². The van der Waals surface area contributed by atoms with Gasteiger partial charge in [-0.25, -0.2) is 5.90 Å². The minimum absolute atomic E-state index is 0. The van der Waals surface area contributed by atoms with E-state index in [1.54, 1.807) is 6.92 Å². The SMILES string of the molecule is CCC(=O)O.Cl.NO. The lowest BCUT2D eigenvalue weighted by Crippen LogP contribution is -1.86. The summed E-state index contributed by atoms with van der Waals surface area (Å²) in [5.41, 5.74) is 0. The number of halogens is 1. The molecule has 0 aromatic heterocycles. The molecule has 0 unspecified atom stereocenters. The van der Waals surface area contributed by atoms with Crippen LogP contribution < -0.4 is 5.90 Å². The molecule has 0 spiro atoms. The summed E-state index contributed by atoms with van der Waals surface area (Å²) in [6.07, 6.45) is 0.222. The molecule has 0 heterocycles. The Morgan fingerprint density at radius 2 is 1.75 bits per heavy atom. The van der Waals surface area contributed by atoms with Crippen LogP contribution in [0.3, 0.4) is 0 Å². The molecule has 0 fully saturated rings. The molecule has 0 aliphatic carbocycles. The van der Waals surface area contributed by atoms with E-state index in [9.17, 15) is 4.79 Å². The van der Waals surface area contributed by atoms with Crippen LogP contribution in [0.5, 0.6) is 0 Å². The minimum atomic E-state index is -0.745. The van der Waals surface area contributed by atoms with Gasteiger partial charge in [0.1, 0.15) is 0 Å². The topological polar surface area (TPSA) is 83.5 Å². The van der Waals surface area contributed by atoms with Gasteiger partial charge < -0.3 is 10.3 Å². The molecule has 0 aromatic carbocycles. The first-order valence-corrected chi connectivity index (χ1v) is 1.75. The Kier molecular flexibility index (Phi) is 31.1. The Hall–Kier alpha value is -0.320. The average Bonchev–Trinajstić information content (AvgIpc) is 1.73. The fraction of sp³-hybridized carbons (Fsp3) is 0.667. The van der Waals surface area contributed by atoms with E-state index >= 15 is 0 Å². The second kappa shape index (κ2) is 15.9. The summed E-state index contributed by atoms with van der Waals surface area (Å²) in [5.74, 6) is 2.75. The van der Waals surface area contributed by atoms with Gasteiger partial charge in [0.2, 0.25) is 0 Å². The molecule has 8 heavy (non-hydrogen) atoms. The van der Waals surface area contributed by atoms with E-state index in [0.29, 0.717) is 0 Å². The number of carboxylic acids is 1. The summed E-state index contributed by atoms with van der Waals surface area (Å²) < 4.78 is 0. The Balaban J connectivity index is -0.0000000750. The van der Waals surface area contributed by atoms with Crippen LogP contribution in [0.1, 0.15) is 13.3 Å². The van der Waals surface area contributed by atoms with Gasteiger partial charge in [0.05, 0.1) is 0 Å². The summed E-state index contributed by atoms with van der Waals surface area (Å²) in [7, 11) is 0. The van der Waals surface area contributed by atoms with Crippen molar-refractivity contribution in [3.05, 3.63) is 0 Å². The molecule has 0 rings (SSSR count). The molecule has 0 aromatic rings. The smallest absolute Gasteiger partial charge is 0.303 e. The highest BCUT2D eigenvalue weighted by molar-refractivity contribution is 5.85. The molecule has 4 nitrogen and oxygen atoms in total. The van der Waals surface area contributed by atoms with Crippen LogP contribution in [0.2, 0.25) is 0 Å². The van der Waals surface area contributed by atoms with Crippen LogP contribution in [0.15, 0.2) is 0 Å². The number of nitrogens with two attached hydrogens (primary N) is 1. The third kappa shape index (κ3) is 44.1. The van der Waals surface area contributed by atoms with Gasteiger partial charge in [-0.1, -0.05) is 6.92 Å². The maximum absolute atomic E-state index is 9.37. The van der Waals surface area contributed by atoms with Crippen LogP contribution in [0.25, 0.3) is 0 Å². The molecule has 0 aliphatic heterocycles. The number of rotatable bonds is 1. The average molecular weight is 144 g/mol. The van der Waals surface area contributed by atoms with Crippen molar-refractivity contribution in [3.63, 3.8) is 0 Å². The zero-order valence-corrected chi connectivity index (χ0v) is 5.31. The van der Waals surface area contributed by atoms with Gasteiger partial charge in [-0.05, 0) is 0 Å². The number of carboxylic acid groups (broad SMARTS) is 1. The van der Waals surface area contributed by atoms with E-state index in [1.807, 2.05) is 0 Å². The Morgan fingerprint density at radius 1 is 1.62 bits per heavy atom. The van der Waals surface area contributed by atoms with E-state index in [4.69, 9.17) is 10.3 Å². The van der Waals surface area contributed by atoms with E-state index in [2.05, 4.69) is 5.90 Å². The third-order valence-electron chi connectivity index (χ3n) is 0.302. The zero-order chi connectivity index (χ0) is 6.28. The van der Waals surface area contributed by atoms with E-state index in [0.717, 1.165) is 0 Å². The van der Waals surface area contributed by atoms with Crippen LogP contribution in [0.4, 0.5) is 0 Å². The van der Waals surface area contributed by atoms with Crippen molar-refractivity contribution < 1.29 is 15.1 Å². The minimum Gasteiger partial charge on any atom is -0.481 e. The largest absolute Gasteiger partial charge is 0.481 e. The second-order valence-electron chi connectivity index (χ2n) is 0.747. The van der Waals surface area contributed by atoms with Crippen LogP contribution in [-0.2, 0) is 4.79 Å². The van der Waals surface area contributed by atoms with Crippen molar-refractivity contribution in [3.8, 4) is 0 Å². The maximum Gasteiger partial charge on any atom is 0.303 e. The molecule has 0 bridgehead atoms. The third-order valence-corrected chi connectivity index (χ3v) is 0.302. The van der Waals surface area contributed by atoms with Crippen molar-refractivity contribution in [2.45, 2.75) is 13.3 Å². The summed E-state index contributed by atoms with van der Waals surface area (Å²) >= 11 is 0. The van der Waals surface area contributed by atoms with Crippen molar-refractivity contribution in [1.29, 1.82) is 0 Å². The fourth-order valence-corrected chi connectivity index (χ4v) is 0. The van der Waals surface area contributed by atoms with Crippen molar-refractivity contribution in [1.82, 2.24) is 0 Å². The van der Waals surface area contributed by atoms with Gasteiger partial charge in [0, 0.05) is 6.42 Å². The predicted octanol–water partition coefficient (Wildman–Crippen LogP) is 0.237. The maximum atomic E-state index is 9.37. The molecular weight excluding hydrogens is 133 g/mol. The lowest BCUT2D eigenvalue weighted by molar-refractivity contribution is -0.136. The zero-order valence-electron chi connectivity index (χ0n) is 4.50. The summed E-state index contributed by atoms with van der Waals surface area (Å²) in [5, 5.41) is 14.2. The first kappa shape index (κ1) is 15.6. The summed E-state index contributed by atoms with van der Waals surface area (Å²) in [6.45, 7) is 1.60. The fourth-order valence-electron chi connectivity index (χ4n) is 0. The first-order valence-electron chi connectivity index (χ1n) is 1.75. The number of hydrogen-bond donors (Lipinski definition) is 3. The molecule has 52 valence electrons. The van der Waals surface area contributed by atoms with Crippen LogP contribution >= 0.6 is 12.4 Å². The van der Waals surface area contributed by atoms with E-state index < -0.39 is 5.97 Å². The highest BCUT2D eigenvalue weighted by Crippen LogP contribution is 1.67. The normalized spacial score (nSPS) is 5.38. The molecule has 0 radical (unpaired) electrons.